The molecule has 1 heterocycles. The van der Waals surface area contributed by atoms with E-state index in [1.54, 1.807) is 12.1 Å². The summed E-state index contributed by atoms with van der Waals surface area (Å²) in [6, 6.07) is 4.65. The van der Waals surface area contributed by atoms with Crippen LogP contribution >= 0.6 is 23.2 Å². The number of carbonyl (C=O) groups excluding carboxylic acids is 1. The zero-order valence-electron chi connectivity index (χ0n) is 7.78. The Morgan fingerprint density at radius 1 is 1.47 bits per heavy atom. The molecular formula is C10H9Cl2NO2. The van der Waals surface area contributed by atoms with Crippen LogP contribution in [0.25, 0.3) is 0 Å². The van der Waals surface area contributed by atoms with Crippen molar-refractivity contribution in [2.75, 3.05) is 11.4 Å². The van der Waals surface area contributed by atoms with Gasteiger partial charge in [-0.3, -0.25) is 4.79 Å². The first-order valence-electron chi connectivity index (χ1n) is 4.51. The number of carbonyl (C=O) groups is 1. The van der Waals surface area contributed by atoms with Crippen LogP contribution in [0.5, 0.6) is 5.75 Å². The first-order chi connectivity index (χ1) is 7.08. The normalized spacial score (nSPS) is 21.1. The predicted molar refractivity (Wildman–Crippen MR) is 59.7 cm³/mol. The van der Waals surface area contributed by atoms with Gasteiger partial charge in [0.05, 0.1) is 11.1 Å². The number of alkyl halides is 1. The number of rotatable bonds is 1. The monoisotopic (exact) mass is 245 g/mol. The van der Waals surface area contributed by atoms with Gasteiger partial charge in [0.25, 0.3) is 0 Å². The highest BCUT2D eigenvalue weighted by Gasteiger charge is 2.30. The smallest absolute Gasteiger partial charge is 0.228 e. The van der Waals surface area contributed by atoms with E-state index in [9.17, 15) is 9.90 Å². The van der Waals surface area contributed by atoms with Crippen molar-refractivity contribution in [2.45, 2.75) is 11.8 Å². The van der Waals surface area contributed by atoms with E-state index in [0.717, 1.165) is 0 Å². The number of nitrogens with zero attached hydrogens (tertiary/aromatic N) is 1. The zero-order valence-corrected chi connectivity index (χ0v) is 9.29. The standard InChI is InChI=1S/C10H9Cl2NO2/c11-6-1-2-8(9(14)3-6)13-5-7(12)4-10(13)15/h1-3,7,14H,4-5H2. The topological polar surface area (TPSA) is 40.5 Å². The van der Waals surface area contributed by atoms with Crippen molar-refractivity contribution < 1.29 is 9.90 Å². The minimum Gasteiger partial charge on any atom is -0.506 e. The molecule has 1 saturated heterocycles. The fourth-order valence-corrected chi connectivity index (χ4v) is 2.06. The molecule has 1 aromatic rings. The second kappa shape index (κ2) is 3.91. The molecule has 1 aliphatic heterocycles. The molecule has 3 nitrogen and oxygen atoms in total. The number of phenolic OH excluding ortho intramolecular Hbond substituents is 1. The molecule has 0 spiro atoms. The number of hydrogen-bond acceptors (Lipinski definition) is 2. The Morgan fingerprint density at radius 3 is 2.73 bits per heavy atom. The Morgan fingerprint density at radius 2 is 2.20 bits per heavy atom. The molecule has 0 aliphatic carbocycles. The second-order valence-electron chi connectivity index (χ2n) is 3.44. The van der Waals surface area contributed by atoms with Crippen LogP contribution in [-0.4, -0.2) is 22.9 Å². The maximum Gasteiger partial charge on any atom is 0.228 e. The van der Waals surface area contributed by atoms with E-state index in [0.29, 0.717) is 23.7 Å². The Labute approximate surface area is 97.2 Å². The summed E-state index contributed by atoms with van der Waals surface area (Å²) >= 11 is 11.6. The SMILES string of the molecule is O=C1CC(Cl)CN1c1ccc(Cl)cc1O. The fraction of sp³-hybridized carbons (Fsp3) is 0.300. The van der Waals surface area contributed by atoms with Gasteiger partial charge in [-0.05, 0) is 12.1 Å². The molecule has 1 fully saturated rings. The third kappa shape index (κ3) is 2.03. The number of benzene rings is 1. The largest absolute Gasteiger partial charge is 0.506 e. The Kier molecular flexibility index (Phi) is 2.76. The maximum absolute atomic E-state index is 11.5. The first kappa shape index (κ1) is 10.6. The molecular weight excluding hydrogens is 237 g/mol. The number of amides is 1. The highest BCUT2D eigenvalue weighted by Crippen LogP contribution is 2.33. The number of aromatic hydroxyl groups is 1. The first-order valence-corrected chi connectivity index (χ1v) is 5.32. The molecule has 1 aromatic carbocycles. The molecule has 1 amide bonds. The van der Waals surface area contributed by atoms with Gasteiger partial charge in [0, 0.05) is 24.1 Å². The van der Waals surface area contributed by atoms with Gasteiger partial charge in [-0.15, -0.1) is 11.6 Å². The summed E-state index contributed by atoms with van der Waals surface area (Å²) in [5.74, 6) is -0.0748. The van der Waals surface area contributed by atoms with E-state index in [4.69, 9.17) is 23.2 Å². The van der Waals surface area contributed by atoms with Crippen molar-refractivity contribution >= 4 is 34.8 Å². The molecule has 0 radical (unpaired) electrons. The Hall–Kier alpha value is -0.930. The molecule has 15 heavy (non-hydrogen) atoms. The van der Waals surface area contributed by atoms with Crippen LogP contribution in [-0.2, 0) is 4.79 Å². The summed E-state index contributed by atoms with van der Waals surface area (Å²) in [5, 5.41) is 9.88. The van der Waals surface area contributed by atoms with Crippen molar-refractivity contribution in [3.8, 4) is 5.75 Å². The minimum absolute atomic E-state index is 0.00150. The lowest BCUT2D eigenvalue weighted by molar-refractivity contribution is -0.117. The molecule has 1 N–H and O–H groups in total. The van der Waals surface area contributed by atoms with Crippen LogP contribution < -0.4 is 4.90 Å². The van der Waals surface area contributed by atoms with Crippen molar-refractivity contribution in [1.82, 2.24) is 0 Å². The van der Waals surface area contributed by atoms with Gasteiger partial charge in [-0.1, -0.05) is 11.6 Å². The average molecular weight is 246 g/mol. The number of anilines is 1. The third-order valence-electron chi connectivity index (χ3n) is 2.31. The van der Waals surface area contributed by atoms with Gasteiger partial charge in [0.15, 0.2) is 0 Å². The number of halogens is 2. The lowest BCUT2D eigenvalue weighted by Gasteiger charge is -2.17. The van der Waals surface area contributed by atoms with E-state index in [1.807, 2.05) is 0 Å². The molecule has 1 atom stereocenters. The van der Waals surface area contributed by atoms with E-state index >= 15 is 0 Å². The van der Waals surface area contributed by atoms with Crippen molar-refractivity contribution in [2.24, 2.45) is 0 Å². The fourth-order valence-electron chi connectivity index (χ4n) is 1.62. The molecule has 1 unspecified atom stereocenters. The van der Waals surface area contributed by atoms with Crippen LogP contribution in [0.3, 0.4) is 0 Å². The Bertz CT molecular complexity index is 408. The quantitative estimate of drug-likeness (QED) is 0.773. The van der Waals surface area contributed by atoms with Gasteiger partial charge in [-0.25, -0.2) is 0 Å². The van der Waals surface area contributed by atoms with Crippen LogP contribution in [0.15, 0.2) is 18.2 Å². The van der Waals surface area contributed by atoms with Crippen LogP contribution in [0, 0.1) is 0 Å². The summed E-state index contributed by atoms with van der Waals surface area (Å²) in [5.41, 5.74) is 0.465. The molecule has 0 saturated carbocycles. The van der Waals surface area contributed by atoms with Gasteiger partial charge in [0.1, 0.15) is 5.75 Å². The summed E-state index contributed by atoms with van der Waals surface area (Å²) in [6.45, 7) is 0.426. The number of phenols is 1. The minimum atomic E-state index is -0.187. The van der Waals surface area contributed by atoms with E-state index in [2.05, 4.69) is 0 Å². The lowest BCUT2D eigenvalue weighted by atomic mass is 10.2. The van der Waals surface area contributed by atoms with Gasteiger partial charge in [-0.2, -0.15) is 0 Å². The number of hydrogen-bond donors (Lipinski definition) is 1. The molecule has 1 aliphatic rings. The molecule has 80 valence electrons. The maximum atomic E-state index is 11.5. The zero-order chi connectivity index (χ0) is 11.0. The van der Waals surface area contributed by atoms with E-state index in [1.165, 1.54) is 11.0 Å². The van der Waals surface area contributed by atoms with Gasteiger partial charge >= 0.3 is 0 Å². The van der Waals surface area contributed by atoms with E-state index < -0.39 is 0 Å². The summed E-state index contributed by atoms with van der Waals surface area (Å²) in [7, 11) is 0. The molecule has 0 aromatic heterocycles. The lowest BCUT2D eigenvalue weighted by Crippen LogP contribution is -2.24. The highest BCUT2D eigenvalue weighted by atomic mass is 35.5. The second-order valence-corrected chi connectivity index (χ2v) is 4.49. The third-order valence-corrected chi connectivity index (χ3v) is 2.83. The van der Waals surface area contributed by atoms with Crippen molar-refractivity contribution in [3.63, 3.8) is 0 Å². The van der Waals surface area contributed by atoms with Crippen molar-refractivity contribution in [1.29, 1.82) is 0 Å². The van der Waals surface area contributed by atoms with Gasteiger partial charge < -0.3 is 10.0 Å². The van der Waals surface area contributed by atoms with Crippen LogP contribution in [0.2, 0.25) is 5.02 Å². The van der Waals surface area contributed by atoms with E-state index in [-0.39, 0.29) is 17.0 Å². The molecule has 5 heteroatoms. The predicted octanol–water partition coefficient (Wildman–Crippen LogP) is 2.39. The van der Waals surface area contributed by atoms with Gasteiger partial charge in [0.2, 0.25) is 5.91 Å². The molecule has 2 rings (SSSR count). The van der Waals surface area contributed by atoms with Crippen molar-refractivity contribution in [3.05, 3.63) is 23.2 Å². The summed E-state index contributed by atoms with van der Waals surface area (Å²) in [6.07, 6.45) is 0.309. The van der Waals surface area contributed by atoms with Crippen LogP contribution in [0.1, 0.15) is 6.42 Å². The Balaban J connectivity index is 2.34. The summed E-state index contributed by atoms with van der Waals surface area (Å²) < 4.78 is 0. The average Bonchev–Trinajstić information content (AvgIpc) is 2.45. The molecule has 0 bridgehead atoms. The highest BCUT2D eigenvalue weighted by molar-refractivity contribution is 6.31. The summed E-state index contributed by atoms with van der Waals surface area (Å²) in [4.78, 5) is 13.0. The van der Waals surface area contributed by atoms with Crippen LogP contribution in [0.4, 0.5) is 5.69 Å².